The lowest BCUT2D eigenvalue weighted by molar-refractivity contribution is -0.607. The molecule has 0 radical (unpaired) electrons. The Kier molecular flexibility index (Phi) is 1.22. The zero-order valence-electron chi connectivity index (χ0n) is 4.72. The van der Waals surface area contributed by atoms with Gasteiger partial charge in [-0.3, -0.25) is 0 Å². The molecule has 1 aromatic heterocycles. The summed E-state index contributed by atoms with van der Waals surface area (Å²) in [7, 11) is 0. The number of carboxylic acid groups (broad SMARTS) is 1. The number of hydrogen-bond acceptors (Lipinski definition) is 3. The third kappa shape index (κ3) is 0.750. The highest BCUT2D eigenvalue weighted by Crippen LogP contribution is 1.90. The molecule has 1 aromatic rings. The first-order chi connectivity index (χ1) is 4.63. The second-order valence-electron chi connectivity index (χ2n) is 1.58. The molecule has 0 unspecified atom stereocenters. The monoisotopic (exact) mass is 143 g/mol. The third-order valence-corrected chi connectivity index (χ3v) is 0.946. The smallest absolute Gasteiger partial charge is 0.420 e. The van der Waals surface area contributed by atoms with Crippen LogP contribution < -0.4 is 4.73 Å². The van der Waals surface area contributed by atoms with Crippen LogP contribution in [-0.2, 0) is 0 Å². The molecule has 10 heavy (non-hydrogen) atoms. The number of carbonyl (C=O) groups is 1. The molecule has 54 valence electrons. The van der Waals surface area contributed by atoms with Gasteiger partial charge in [-0.25, -0.2) is 14.3 Å². The quantitative estimate of drug-likeness (QED) is 0.410. The van der Waals surface area contributed by atoms with Gasteiger partial charge >= 0.3 is 11.8 Å². The van der Waals surface area contributed by atoms with Crippen LogP contribution in [-0.4, -0.2) is 15.8 Å². The summed E-state index contributed by atoms with van der Waals surface area (Å²) in [6, 6.07) is 0. The molecule has 1 N–H and O–H groups in total. The molecule has 0 aliphatic rings. The van der Waals surface area contributed by atoms with Crippen molar-refractivity contribution in [2.24, 2.45) is 0 Å². The lowest BCUT2D eigenvalue weighted by atomic mass is 10.6. The van der Waals surface area contributed by atoms with Crippen LogP contribution in [0.3, 0.4) is 0 Å². The molecule has 0 aromatic carbocycles. The van der Waals surface area contributed by atoms with Gasteiger partial charge in [-0.2, -0.15) is 0 Å². The highest BCUT2D eigenvalue weighted by molar-refractivity contribution is 5.82. The van der Waals surface area contributed by atoms with Gasteiger partial charge in [0, 0.05) is 0 Å². The summed E-state index contributed by atoms with van der Waals surface area (Å²) < 4.78 is -0.00926. The van der Waals surface area contributed by atoms with Crippen molar-refractivity contribution in [2.75, 3.05) is 0 Å². The van der Waals surface area contributed by atoms with Crippen molar-refractivity contribution in [2.45, 2.75) is 0 Å². The van der Waals surface area contributed by atoms with Crippen LogP contribution in [0.15, 0.2) is 12.4 Å². The Morgan fingerprint density at radius 2 is 2.40 bits per heavy atom. The second kappa shape index (κ2) is 1.90. The van der Waals surface area contributed by atoms with Gasteiger partial charge in [-0.05, 0) is 0 Å². The molecule has 6 nitrogen and oxygen atoms in total. The molecule has 0 atom stereocenters. The zero-order chi connectivity index (χ0) is 7.72. The van der Waals surface area contributed by atoms with Crippen molar-refractivity contribution in [1.29, 1.82) is 0 Å². The summed E-state index contributed by atoms with van der Waals surface area (Å²) in [5.41, 5.74) is 0. The molecule has 1 heterocycles. The minimum atomic E-state index is -1.53. The van der Waals surface area contributed by atoms with E-state index in [2.05, 4.69) is 0 Å². The number of hydrogen-bond donors (Lipinski definition) is 1. The minimum Gasteiger partial charge on any atom is -0.710 e. The molecule has 0 fully saturated rings. The van der Waals surface area contributed by atoms with E-state index < -0.39 is 11.8 Å². The number of nitrogens with zero attached hydrogens (tertiary/aromatic N) is 2. The van der Waals surface area contributed by atoms with E-state index in [4.69, 9.17) is 5.11 Å². The summed E-state index contributed by atoms with van der Waals surface area (Å²) >= 11 is 0. The van der Waals surface area contributed by atoms with E-state index in [0.717, 1.165) is 12.4 Å². The maximum atomic E-state index is 10.4. The molecule has 0 saturated heterocycles. The van der Waals surface area contributed by atoms with Crippen LogP contribution in [0, 0.1) is 10.4 Å². The average molecular weight is 143 g/mol. The Morgan fingerprint density at radius 1 is 1.80 bits per heavy atom. The normalized spacial score (nSPS) is 9.60. The first kappa shape index (κ1) is 6.40. The topological polar surface area (TPSA) is 92.2 Å². The molecular formula is C4H3N2O4-. The number of aromatic carboxylic acids is 1. The Hall–Kier alpha value is -1.72. The van der Waals surface area contributed by atoms with Gasteiger partial charge in [-0.15, -0.1) is 0 Å². The van der Waals surface area contributed by atoms with Crippen LogP contribution in [0.1, 0.15) is 10.6 Å². The van der Waals surface area contributed by atoms with Gasteiger partial charge in [-0.1, -0.05) is 0 Å². The molecule has 1 rings (SSSR count). The van der Waals surface area contributed by atoms with Gasteiger partial charge in [0.15, 0.2) is 0 Å². The highest BCUT2D eigenvalue weighted by Gasteiger charge is 2.16. The van der Waals surface area contributed by atoms with E-state index >= 15 is 0 Å². The Morgan fingerprint density at radius 3 is 2.60 bits per heavy atom. The standard InChI is InChI=1S/C4H3N2O4/c7-4(8)3-5(9)1-2-6(3)10/h1-2H,(H,7,8)/q-1. The van der Waals surface area contributed by atoms with Gasteiger partial charge in [0.05, 0.1) is 0 Å². The van der Waals surface area contributed by atoms with Crippen molar-refractivity contribution in [3.8, 4) is 0 Å². The fraction of sp³-hybridized carbons (Fsp3) is 0. The van der Waals surface area contributed by atoms with E-state index in [1.807, 2.05) is 0 Å². The lowest BCUT2D eigenvalue weighted by Gasteiger charge is -2.00. The Bertz CT molecular complexity index is 247. The van der Waals surface area contributed by atoms with E-state index in [9.17, 15) is 15.2 Å². The largest absolute Gasteiger partial charge is 0.710 e. The second-order valence-corrected chi connectivity index (χ2v) is 1.58. The molecule has 0 aliphatic carbocycles. The highest BCUT2D eigenvalue weighted by atomic mass is 16.5. The predicted molar refractivity (Wildman–Crippen MR) is 29.1 cm³/mol. The number of carboxylic acids is 1. The molecule has 0 saturated carbocycles. The summed E-state index contributed by atoms with van der Waals surface area (Å²) in [5, 5.41) is 29.0. The molecule has 0 amide bonds. The number of imidazole rings is 1. The molecule has 0 spiro atoms. The molecule has 0 bridgehead atoms. The summed E-state index contributed by atoms with van der Waals surface area (Å²) in [5.74, 6) is -2.37. The summed E-state index contributed by atoms with van der Waals surface area (Å²) in [6.07, 6.45) is 1.66. The average Bonchev–Trinajstić information content (AvgIpc) is 2.11. The van der Waals surface area contributed by atoms with E-state index in [-0.39, 0.29) is 9.46 Å². The van der Waals surface area contributed by atoms with Crippen molar-refractivity contribution in [3.05, 3.63) is 28.6 Å². The van der Waals surface area contributed by atoms with Crippen LogP contribution in [0.5, 0.6) is 0 Å². The first-order valence-electron chi connectivity index (χ1n) is 2.34. The first-order valence-corrected chi connectivity index (χ1v) is 2.34. The van der Waals surface area contributed by atoms with Gasteiger partial charge in [0.25, 0.3) is 0 Å². The predicted octanol–water partition coefficient (Wildman–Crippen LogP) is -0.834. The maximum Gasteiger partial charge on any atom is 0.420 e. The third-order valence-electron chi connectivity index (χ3n) is 0.946. The maximum absolute atomic E-state index is 10.4. The van der Waals surface area contributed by atoms with Crippen LogP contribution >= 0.6 is 0 Å². The van der Waals surface area contributed by atoms with Crippen LogP contribution in [0.25, 0.3) is 0 Å². The fourth-order valence-electron chi connectivity index (χ4n) is 0.548. The van der Waals surface area contributed by atoms with E-state index in [0.29, 0.717) is 0 Å². The molecule has 0 aliphatic heterocycles. The lowest BCUT2D eigenvalue weighted by Crippen LogP contribution is -2.32. The van der Waals surface area contributed by atoms with Crippen LogP contribution in [0.2, 0.25) is 0 Å². The van der Waals surface area contributed by atoms with Crippen molar-refractivity contribution in [3.63, 3.8) is 0 Å². The van der Waals surface area contributed by atoms with E-state index in [1.165, 1.54) is 0 Å². The van der Waals surface area contributed by atoms with E-state index in [1.54, 1.807) is 0 Å². The van der Waals surface area contributed by atoms with Crippen molar-refractivity contribution < 1.29 is 14.6 Å². The number of aromatic nitrogens is 2. The molecular weight excluding hydrogens is 140 g/mol. The summed E-state index contributed by atoms with van der Waals surface area (Å²) in [4.78, 5) is 10.1. The van der Waals surface area contributed by atoms with Gasteiger partial charge < -0.3 is 15.5 Å². The van der Waals surface area contributed by atoms with Crippen molar-refractivity contribution in [1.82, 2.24) is 4.73 Å². The van der Waals surface area contributed by atoms with Crippen molar-refractivity contribution >= 4 is 5.97 Å². The Balaban J connectivity index is 3.23. The minimum absolute atomic E-state index is 0.00463. The summed E-state index contributed by atoms with van der Waals surface area (Å²) in [6.45, 7) is 0. The SMILES string of the molecule is O=C(O)c1n([O-])cc[n+]1[O-]. The zero-order valence-corrected chi connectivity index (χ0v) is 4.72. The molecule has 6 heteroatoms. The van der Waals surface area contributed by atoms with Crippen LogP contribution in [0.4, 0.5) is 0 Å². The van der Waals surface area contributed by atoms with Gasteiger partial charge in [0.1, 0.15) is 12.4 Å². The number of rotatable bonds is 1. The fourth-order valence-corrected chi connectivity index (χ4v) is 0.548. The Labute approximate surface area is 55.1 Å². The van der Waals surface area contributed by atoms with Gasteiger partial charge in [0.2, 0.25) is 0 Å².